The molecule has 0 aromatic rings. The van der Waals surface area contributed by atoms with Crippen LogP contribution in [0.3, 0.4) is 0 Å². The third-order valence-corrected chi connectivity index (χ3v) is 8.25. The van der Waals surface area contributed by atoms with E-state index in [0.29, 0.717) is 5.92 Å². The number of carbonyl (C=O) groups is 1. The van der Waals surface area contributed by atoms with Crippen molar-refractivity contribution >= 4 is 15.9 Å². The molecule has 3 rings (SSSR count). The number of sulfonamides is 1. The van der Waals surface area contributed by atoms with Crippen molar-refractivity contribution in [2.24, 2.45) is 16.7 Å². The number of hydrogen-bond donors (Lipinski definition) is 1. The molecule has 0 aromatic heterocycles. The number of fused-ring (bicyclic) bond motifs is 1. The first kappa shape index (κ1) is 15.0. The van der Waals surface area contributed by atoms with Gasteiger partial charge in [-0.1, -0.05) is 19.9 Å². The molecule has 1 aliphatic heterocycles. The fourth-order valence-electron chi connectivity index (χ4n) is 4.97. The predicted octanol–water partition coefficient (Wildman–Crippen LogP) is 1.29. The normalized spacial score (nSPS) is 40.0. The van der Waals surface area contributed by atoms with Crippen LogP contribution in [0.1, 0.15) is 39.5 Å². The van der Waals surface area contributed by atoms with Crippen LogP contribution in [-0.4, -0.2) is 41.6 Å². The van der Waals surface area contributed by atoms with Gasteiger partial charge in [0, 0.05) is 5.41 Å². The van der Waals surface area contributed by atoms with Gasteiger partial charge in [0.1, 0.15) is 0 Å². The summed E-state index contributed by atoms with van der Waals surface area (Å²) >= 11 is 0. The zero-order valence-corrected chi connectivity index (χ0v) is 13.4. The highest BCUT2D eigenvalue weighted by Gasteiger charge is 2.72. The average Bonchev–Trinajstić information content (AvgIpc) is 2.84. The lowest BCUT2D eigenvalue weighted by Gasteiger charge is -2.37. The number of aliphatic hydroxyl groups is 1. The third kappa shape index (κ3) is 1.78. The highest BCUT2D eigenvalue weighted by atomic mass is 32.2. The standard InChI is InChI=1S/C15H23NO4S/c1-4-11(17)8-13(18)16-12-7-10-5-6-15(12,14(10,2)3)9-21(16,19)20/h4,10-12,17H,1,5-9H2,2-3H3/t10-,11-,12-,15+/m1/s1. The average molecular weight is 313 g/mol. The van der Waals surface area contributed by atoms with Crippen molar-refractivity contribution in [3.05, 3.63) is 12.7 Å². The first-order chi connectivity index (χ1) is 9.65. The fourth-order valence-corrected chi connectivity index (χ4v) is 7.53. The molecule has 3 aliphatic rings. The molecule has 0 radical (unpaired) electrons. The maximum Gasteiger partial charge on any atom is 0.239 e. The van der Waals surface area contributed by atoms with E-state index in [0.717, 1.165) is 23.6 Å². The van der Waals surface area contributed by atoms with Crippen molar-refractivity contribution < 1.29 is 18.3 Å². The first-order valence-corrected chi connectivity index (χ1v) is 9.12. The molecule has 4 atom stereocenters. The number of amides is 1. The summed E-state index contributed by atoms with van der Waals surface area (Å²) in [5.41, 5.74) is -0.345. The minimum atomic E-state index is -3.58. The Hall–Kier alpha value is -0.880. The number of carbonyl (C=O) groups excluding carboxylic acids is 1. The highest BCUT2D eigenvalue weighted by Crippen LogP contribution is 2.69. The molecule has 1 amide bonds. The summed E-state index contributed by atoms with van der Waals surface area (Å²) < 4.78 is 26.2. The highest BCUT2D eigenvalue weighted by molar-refractivity contribution is 7.90. The van der Waals surface area contributed by atoms with Gasteiger partial charge in [-0.15, -0.1) is 6.58 Å². The van der Waals surface area contributed by atoms with Gasteiger partial charge in [0.2, 0.25) is 15.9 Å². The Kier molecular flexibility index (Phi) is 3.09. The zero-order valence-electron chi connectivity index (χ0n) is 12.6. The van der Waals surface area contributed by atoms with E-state index in [-0.39, 0.29) is 29.0 Å². The Bertz CT molecular complexity index is 597. The van der Waals surface area contributed by atoms with Crippen LogP contribution in [0.5, 0.6) is 0 Å². The second kappa shape index (κ2) is 4.32. The molecular weight excluding hydrogens is 290 g/mol. The first-order valence-electron chi connectivity index (χ1n) is 7.51. The molecular formula is C15H23NO4S. The lowest BCUT2D eigenvalue weighted by atomic mass is 9.69. The van der Waals surface area contributed by atoms with E-state index < -0.39 is 22.0 Å². The van der Waals surface area contributed by atoms with Gasteiger partial charge >= 0.3 is 0 Å². The molecule has 1 spiro atoms. The maximum absolute atomic E-state index is 12.6. The molecule has 21 heavy (non-hydrogen) atoms. The van der Waals surface area contributed by atoms with Crippen molar-refractivity contribution in [2.75, 3.05) is 5.75 Å². The van der Waals surface area contributed by atoms with Crippen LogP contribution in [0, 0.1) is 16.7 Å². The molecule has 3 fully saturated rings. The summed E-state index contributed by atoms with van der Waals surface area (Å²) in [7, 11) is -3.58. The van der Waals surface area contributed by atoms with E-state index in [1.165, 1.54) is 6.08 Å². The predicted molar refractivity (Wildman–Crippen MR) is 78.8 cm³/mol. The molecule has 2 saturated carbocycles. The molecule has 1 N–H and O–H groups in total. The van der Waals surface area contributed by atoms with Crippen LogP contribution in [-0.2, 0) is 14.8 Å². The molecule has 1 saturated heterocycles. The monoisotopic (exact) mass is 313 g/mol. The lowest BCUT2D eigenvalue weighted by Crippen LogP contribution is -2.44. The van der Waals surface area contributed by atoms with Crippen molar-refractivity contribution in [1.82, 2.24) is 4.31 Å². The molecule has 5 nitrogen and oxygen atoms in total. The second-order valence-corrected chi connectivity index (χ2v) is 9.16. The Morgan fingerprint density at radius 1 is 1.52 bits per heavy atom. The van der Waals surface area contributed by atoms with Gasteiger partial charge in [-0.2, -0.15) is 0 Å². The smallest absolute Gasteiger partial charge is 0.239 e. The number of hydrogen-bond acceptors (Lipinski definition) is 4. The quantitative estimate of drug-likeness (QED) is 0.797. The Morgan fingerprint density at radius 3 is 2.76 bits per heavy atom. The summed E-state index contributed by atoms with van der Waals surface area (Å²) in [6.45, 7) is 7.72. The molecule has 118 valence electrons. The van der Waals surface area contributed by atoms with Crippen molar-refractivity contribution in [1.29, 1.82) is 0 Å². The molecule has 0 unspecified atom stereocenters. The van der Waals surface area contributed by atoms with Gasteiger partial charge in [-0.3, -0.25) is 4.79 Å². The topological polar surface area (TPSA) is 74.7 Å². The Balaban J connectivity index is 1.97. The van der Waals surface area contributed by atoms with E-state index in [4.69, 9.17) is 0 Å². The van der Waals surface area contributed by atoms with Crippen molar-refractivity contribution in [3.8, 4) is 0 Å². The van der Waals surface area contributed by atoms with Crippen molar-refractivity contribution in [2.45, 2.75) is 51.7 Å². The van der Waals surface area contributed by atoms with Crippen LogP contribution in [0.2, 0.25) is 0 Å². The second-order valence-electron chi connectivity index (χ2n) is 7.32. The van der Waals surface area contributed by atoms with Gasteiger partial charge in [0.25, 0.3) is 0 Å². The van der Waals surface area contributed by atoms with Gasteiger partial charge in [-0.25, -0.2) is 12.7 Å². The summed E-state index contributed by atoms with van der Waals surface area (Å²) in [5, 5.41) is 9.57. The SMILES string of the molecule is C=C[C@@H](O)CC(=O)N1[C@@H]2C[C@H]3CC[C@@]2(CS1(=O)=O)C3(C)C. The van der Waals surface area contributed by atoms with E-state index in [2.05, 4.69) is 20.4 Å². The summed E-state index contributed by atoms with van der Waals surface area (Å²) in [4.78, 5) is 12.4. The minimum absolute atomic E-state index is 0.0448. The van der Waals surface area contributed by atoms with Crippen LogP contribution in [0.25, 0.3) is 0 Å². The van der Waals surface area contributed by atoms with Crippen LogP contribution < -0.4 is 0 Å². The largest absolute Gasteiger partial charge is 0.389 e. The van der Waals surface area contributed by atoms with Gasteiger partial charge < -0.3 is 5.11 Å². The van der Waals surface area contributed by atoms with Gasteiger partial charge in [-0.05, 0) is 30.6 Å². The number of rotatable bonds is 3. The van der Waals surface area contributed by atoms with Gasteiger partial charge in [0.05, 0.1) is 24.3 Å². The molecule has 0 aromatic carbocycles. The van der Waals surface area contributed by atoms with E-state index in [9.17, 15) is 18.3 Å². The Labute approximate surface area is 126 Å². The number of aliphatic hydroxyl groups excluding tert-OH is 1. The van der Waals surface area contributed by atoms with Crippen LogP contribution >= 0.6 is 0 Å². The zero-order chi connectivity index (χ0) is 15.6. The molecule has 6 heteroatoms. The number of nitrogens with zero attached hydrogens (tertiary/aromatic N) is 1. The van der Waals surface area contributed by atoms with Crippen LogP contribution in [0.15, 0.2) is 12.7 Å². The van der Waals surface area contributed by atoms with E-state index >= 15 is 0 Å². The third-order valence-electron chi connectivity index (χ3n) is 6.31. The van der Waals surface area contributed by atoms with E-state index in [1.807, 2.05) is 0 Å². The Morgan fingerprint density at radius 2 is 2.19 bits per heavy atom. The molecule has 2 bridgehead atoms. The van der Waals surface area contributed by atoms with Gasteiger partial charge in [0.15, 0.2) is 0 Å². The summed E-state index contributed by atoms with van der Waals surface area (Å²) in [5.74, 6) is 0.0645. The minimum Gasteiger partial charge on any atom is -0.389 e. The lowest BCUT2D eigenvalue weighted by molar-refractivity contribution is -0.130. The van der Waals surface area contributed by atoms with Crippen LogP contribution in [0.4, 0.5) is 0 Å². The van der Waals surface area contributed by atoms with E-state index in [1.54, 1.807) is 0 Å². The molecule has 2 aliphatic carbocycles. The summed E-state index contributed by atoms with van der Waals surface area (Å²) in [6, 6.07) is -0.222. The molecule has 1 heterocycles. The van der Waals surface area contributed by atoms with Crippen molar-refractivity contribution in [3.63, 3.8) is 0 Å². The summed E-state index contributed by atoms with van der Waals surface area (Å²) in [6.07, 6.45) is 2.76. The fraction of sp³-hybridized carbons (Fsp3) is 0.800. The maximum atomic E-state index is 12.6.